The van der Waals surface area contributed by atoms with Crippen LogP contribution in [0, 0.1) is 17.7 Å². The number of nitrogens with two attached hydrogens (primary N) is 1. The van der Waals surface area contributed by atoms with Gasteiger partial charge in [-0.25, -0.2) is 4.39 Å². The van der Waals surface area contributed by atoms with E-state index in [0.29, 0.717) is 24.2 Å². The minimum atomic E-state index is -0.268. The van der Waals surface area contributed by atoms with Crippen LogP contribution in [0.5, 0.6) is 0 Å². The van der Waals surface area contributed by atoms with Gasteiger partial charge in [0, 0.05) is 24.2 Å². The molecule has 3 N–H and O–H groups in total. The number of aliphatic hydroxyl groups is 1. The van der Waals surface area contributed by atoms with E-state index in [0.717, 1.165) is 6.54 Å². The Kier molecular flexibility index (Phi) is 6.37. The van der Waals surface area contributed by atoms with Gasteiger partial charge in [-0.15, -0.1) is 0 Å². The number of nitrogens with zero attached hydrogens (tertiary/aromatic N) is 1. The topological polar surface area (TPSA) is 49.5 Å². The summed E-state index contributed by atoms with van der Waals surface area (Å²) < 4.78 is 13.8. The Labute approximate surface area is 107 Å². The summed E-state index contributed by atoms with van der Waals surface area (Å²) in [6, 6.07) is 4.94. The van der Waals surface area contributed by atoms with Crippen molar-refractivity contribution in [1.82, 2.24) is 4.90 Å². The summed E-state index contributed by atoms with van der Waals surface area (Å²) in [6.45, 7) is 4.14. The molecule has 4 heteroatoms. The molecule has 0 aromatic heterocycles. The first kappa shape index (κ1) is 14.7. The first-order valence-corrected chi connectivity index (χ1v) is 6.01. The predicted octanol–water partition coefficient (Wildman–Crippen LogP) is 0.950. The highest BCUT2D eigenvalue weighted by molar-refractivity contribution is 5.37. The van der Waals surface area contributed by atoms with Gasteiger partial charge >= 0.3 is 0 Å². The summed E-state index contributed by atoms with van der Waals surface area (Å²) in [7, 11) is 0. The van der Waals surface area contributed by atoms with E-state index < -0.39 is 0 Å². The zero-order valence-electron chi connectivity index (χ0n) is 10.6. The van der Waals surface area contributed by atoms with Crippen molar-refractivity contribution in [3.8, 4) is 11.8 Å². The summed E-state index contributed by atoms with van der Waals surface area (Å²) in [5, 5.41) is 8.89. The van der Waals surface area contributed by atoms with Gasteiger partial charge in [0.15, 0.2) is 0 Å². The molecule has 3 nitrogen and oxygen atoms in total. The van der Waals surface area contributed by atoms with Gasteiger partial charge in [0.1, 0.15) is 5.82 Å². The second kappa shape index (κ2) is 7.83. The molecule has 0 aliphatic heterocycles. The fourth-order valence-corrected chi connectivity index (χ4v) is 1.64. The number of benzene rings is 1. The molecule has 0 bridgehead atoms. The summed E-state index contributed by atoms with van der Waals surface area (Å²) >= 11 is 0. The molecule has 0 aliphatic rings. The lowest BCUT2D eigenvalue weighted by atomic mass is 10.1. The highest BCUT2D eigenvalue weighted by atomic mass is 19.1. The van der Waals surface area contributed by atoms with Crippen molar-refractivity contribution in [3.63, 3.8) is 0 Å². The molecule has 98 valence electrons. The van der Waals surface area contributed by atoms with Gasteiger partial charge in [0.25, 0.3) is 0 Å². The van der Waals surface area contributed by atoms with Gasteiger partial charge in [-0.2, -0.15) is 0 Å². The second-order valence-corrected chi connectivity index (χ2v) is 3.90. The van der Waals surface area contributed by atoms with Crippen LogP contribution in [-0.2, 0) is 6.54 Å². The van der Waals surface area contributed by atoms with Crippen molar-refractivity contribution < 1.29 is 9.50 Å². The third-order valence-electron chi connectivity index (χ3n) is 2.65. The van der Waals surface area contributed by atoms with Gasteiger partial charge in [0.2, 0.25) is 0 Å². The molecule has 1 aromatic carbocycles. The normalized spacial score (nSPS) is 10.3. The Hall–Kier alpha value is -1.41. The van der Waals surface area contributed by atoms with Gasteiger partial charge < -0.3 is 10.8 Å². The standard InChI is InChI=1S/C14H19FN2O/c1-2-17(8-9-18)11-13-6-5-12(4-3-7-16)10-14(13)15/h5-6,10,18H,2,7-9,11,16H2,1H3. The maximum absolute atomic E-state index is 13.8. The molecular weight excluding hydrogens is 231 g/mol. The second-order valence-electron chi connectivity index (χ2n) is 3.90. The average molecular weight is 250 g/mol. The molecule has 0 heterocycles. The van der Waals surface area contributed by atoms with Crippen molar-refractivity contribution in [3.05, 3.63) is 35.1 Å². The highest BCUT2D eigenvalue weighted by Crippen LogP contribution is 2.12. The van der Waals surface area contributed by atoms with E-state index in [9.17, 15) is 4.39 Å². The van der Waals surface area contributed by atoms with E-state index in [1.165, 1.54) is 6.07 Å². The predicted molar refractivity (Wildman–Crippen MR) is 70.4 cm³/mol. The van der Waals surface area contributed by atoms with Crippen LogP contribution < -0.4 is 5.73 Å². The minimum absolute atomic E-state index is 0.0789. The SMILES string of the molecule is CCN(CCO)Cc1ccc(C#CCN)cc1F. The van der Waals surface area contributed by atoms with E-state index in [2.05, 4.69) is 11.8 Å². The maximum atomic E-state index is 13.8. The van der Waals surface area contributed by atoms with Crippen LogP contribution >= 0.6 is 0 Å². The van der Waals surface area contributed by atoms with E-state index in [1.54, 1.807) is 12.1 Å². The first-order chi connectivity index (χ1) is 8.71. The zero-order chi connectivity index (χ0) is 13.4. The lowest BCUT2D eigenvalue weighted by Crippen LogP contribution is -2.26. The van der Waals surface area contributed by atoms with Gasteiger partial charge in [-0.05, 0) is 18.7 Å². The Morgan fingerprint density at radius 2 is 2.22 bits per heavy atom. The van der Waals surface area contributed by atoms with Crippen molar-refractivity contribution in [2.75, 3.05) is 26.2 Å². The lowest BCUT2D eigenvalue weighted by Gasteiger charge is -2.19. The molecule has 1 aromatic rings. The molecule has 0 unspecified atom stereocenters. The molecule has 0 spiro atoms. The van der Waals surface area contributed by atoms with Crippen LogP contribution in [0.25, 0.3) is 0 Å². The summed E-state index contributed by atoms with van der Waals surface area (Å²) in [5.74, 6) is 5.22. The smallest absolute Gasteiger partial charge is 0.128 e. The Bertz CT molecular complexity index is 437. The molecule has 0 aliphatic carbocycles. The third kappa shape index (κ3) is 4.46. The maximum Gasteiger partial charge on any atom is 0.128 e. The summed E-state index contributed by atoms with van der Waals surface area (Å²) in [5.41, 5.74) is 6.51. The molecule has 0 amide bonds. The summed E-state index contributed by atoms with van der Waals surface area (Å²) in [6.07, 6.45) is 0. The molecular formula is C14H19FN2O. The van der Waals surface area contributed by atoms with Gasteiger partial charge in [0.05, 0.1) is 13.2 Å². The van der Waals surface area contributed by atoms with Crippen LogP contribution in [0.4, 0.5) is 4.39 Å². The molecule has 0 saturated carbocycles. The van der Waals surface area contributed by atoms with E-state index >= 15 is 0 Å². The van der Waals surface area contributed by atoms with Crippen LogP contribution in [0.3, 0.4) is 0 Å². The molecule has 18 heavy (non-hydrogen) atoms. The van der Waals surface area contributed by atoms with Crippen molar-refractivity contribution in [2.24, 2.45) is 5.73 Å². The number of rotatable bonds is 5. The number of aliphatic hydroxyl groups excluding tert-OH is 1. The fraction of sp³-hybridized carbons (Fsp3) is 0.429. The lowest BCUT2D eigenvalue weighted by molar-refractivity contribution is 0.195. The van der Waals surface area contributed by atoms with Crippen molar-refractivity contribution in [2.45, 2.75) is 13.5 Å². The van der Waals surface area contributed by atoms with E-state index in [-0.39, 0.29) is 19.0 Å². The van der Waals surface area contributed by atoms with Gasteiger partial charge in [-0.3, -0.25) is 4.90 Å². The molecule has 1 rings (SSSR count). The average Bonchev–Trinajstić information content (AvgIpc) is 2.38. The largest absolute Gasteiger partial charge is 0.395 e. The fourth-order valence-electron chi connectivity index (χ4n) is 1.64. The first-order valence-electron chi connectivity index (χ1n) is 6.01. The number of halogens is 1. The third-order valence-corrected chi connectivity index (χ3v) is 2.65. The molecule has 0 saturated heterocycles. The quantitative estimate of drug-likeness (QED) is 0.765. The van der Waals surface area contributed by atoms with Crippen LogP contribution in [-0.4, -0.2) is 36.2 Å². The Morgan fingerprint density at radius 1 is 1.44 bits per heavy atom. The minimum Gasteiger partial charge on any atom is -0.395 e. The van der Waals surface area contributed by atoms with Crippen LogP contribution in [0.15, 0.2) is 18.2 Å². The van der Waals surface area contributed by atoms with Gasteiger partial charge in [-0.1, -0.05) is 24.8 Å². The summed E-state index contributed by atoms with van der Waals surface area (Å²) in [4.78, 5) is 1.98. The zero-order valence-corrected chi connectivity index (χ0v) is 10.6. The highest BCUT2D eigenvalue weighted by Gasteiger charge is 2.07. The van der Waals surface area contributed by atoms with Crippen LogP contribution in [0.2, 0.25) is 0 Å². The van der Waals surface area contributed by atoms with Crippen LogP contribution in [0.1, 0.15) is 18.1 Å². The number of hydrogen-bond acceptors (Lipinski definition) is 3. The van der Waals surface area contributed by atoms with E-state index in [1.807, 2.05) is 11.8 Å². The molecule has 0 atom stereocenters. The van der Waals surface area contributed by atoms with Crippen molar-refractivity contribution in [1.29, 1.82) is 0 Å². The Balaban J connectivity index is 2.78. The molecule has 0 fully saturated rings. The number of likely N-dealkylation sites (N-methyl/N-ethyl adjacent to an activating group) is 1. The van der Waals surface area contributed by atoms with Crippen molar-refractivity contribution >= 4 is 0 Å². The monoisotopic (exact) mass is 250 g/mol. The molecule has 0 radical (unpaired) electrons. The van der Waals surface area contributed by atoms with E-state index in [4.69, 9.17) is 10.8 Å². The Morgan fingerprint density at radius 3 is 2.78 bits per heavy atom. The number of hydrogen-bond donors (Lipinski definition) is 2.